The van der Waals surface area contributed by atoms with Crippen molar-refractivity contribution in [3.63, 3.8) is 0 Å². The van der Waals surface area contributed by atoms with Gasteiger partial charge in [-0.05, 0) is 25.5 Å². The quantitative estimate of drug-likeness (QED) is 0.514. The normalized spacial score (nSPS) is 13.0. The van der Waals surface area contributed by atoms with Crippen LogP contribution in [0, 0.1) is 17.0 Å². The first kappa shape index (κ1) is 15.6. The van der Waals surface area contributed by atoms with Gasteiger partial charge in [0.1, 0.15) is 5.02 Å². The molecule has 0 aromatic heterocycles. The van der Waals surface area contributed by atoms with Gasteiger partial charge in [-0.15, -0.1) is 6.58 Å². The highest BCUT2D eigenvalue weighted by Crippen LogP contribution is 2.30. The lowest BCUT2D eigenvalue weighted by Crippen LogP contribution is -2.31. The molecule has 0 amide bonds. The molecule has 0 saturated heterocycles. The van der Waals surface area contributed by atoms with Crippen molar-refractivity contribution < 1.29 is 13.3 Å². The number of nitrogens with zero attached hydrogens (tertiary/aromatic N) is 1. The highest BCUT2D eigenvalue weighted by molar-refractivity contribution is 7.89. The largest absolute Gasteiger partial charge is 0.289 e. The Morgan fingerprint density at radius 3 is 2.58 bits per heavy atom. The van der Waals surface area contributed by atoms with Gasteiger partial charge < -0.3 is 0 Å². The smallest absolute Gasteiger partial charge is 0.258 e. The second-order valence-electron chi connectivity index (χ2n) is 3.97. The molecular formula is C11H13ClN2O4S. The van der Waals surface area contributed by atoms with E-state index in [9.17, 15) is 18.5 Å². The predicted octanol–water partition coefficient (Wildman–Crippen LogP) is 2.41. The zero-order chi connectivity index (χ0) is 14.8. The van der Waals surface area contributed by atoms with Crippen LogP contribution < -0.4 is 4.72 Å². The lowest BCUT2D eigenvalue weighted by molar-refractivity contribution is -0.384. The molecule has 0 aliphatic carbocycles. The van der Waals surface area contributed by atoms with Gasteiger partial charge in [0.2, 0.25) is 10.0 Å². The van der Waals surface area contributed by atoms with Gasteiger partial charge in [-0.2, -0.15) is 0 Å². The van der Waals surface area contributed by atoms with Crippen LogP contribution in [0.25, 0.3) is 0 Å². The Kier molecular flexibility index (Phi) is 4.67. The van der Waals surface area contributed by atoms with E-state index >= 15 is 0 Å². The van der Waals surface area contributed by atoms with Crippen molar-refractivity contribution in [2.75, 3.05) is 0 Å². The van der Waals surface area contributed by atoms with Crippen molar-refractivity contribution in [2.45, 2.75) is 24.8 Å². The number of hydrogen-bond donors (Lipinski definition) is 1. The summed E-state index contributed by atoms with van der Waals surface area (Å²) in [5.41, 5.74) is -0.113. The van der Waals surface area contributed by atoms with Gasteiger partial charge in [0.25, 0.3) is 5.69 Å². The van der Waals surface area contributed by atoms with Crippen LogP contribution in [0.3, 0.4) is 0 Å². The number of sulfonamides is 1. The van der Waals surface area contributed by atoms with Gasteiger partial charge in [-0.3, -0.25) is 10.1 Å². The minimum absolute atomic E-state index is 0.0989. The number of hydrogen-bond acceptors (Lipinski definition) is 4. The fraction of sp³-hybridized carbons (Fsp3) is 0.273. The van der Waals surface area contributed by atoms with E-state index in [1.165, 1.54) is 19.1 Å². The first-order valence-electron chi connectivity index (χ1n) is 5.28. The Hall–Kier alpha value is -1.44. The molecule has 1 aromatic carbocycles. The third-order valence-electron chi connectivity index (χ3n) is 2.43. The van der Waals surface area contributed by atoms with Crippen molar-refractivity contribution >= 4 is 27.3 Å². The standard InChI is InChI=1S/C11H13ClN2O4S/c1-4-8(3)13-19(17,18)11-6-10(14(15)16)9(12)5-7(11)2/h4-6,8,13H,1H2,2-3H3. The van der Waals surface area contributed by atoms with E-state index in [1.54, 1.807) is 6.92 Å². The van der Waals surface area contributed by atoms with E-state index in [0.29, 0.717) is 5.56 Å². The van der Waals surface area contributed by atoms with Gasteiger partial charge in [-0.1, -0.05) is 17.7 Å². The maximum absolute atomic E-state index is 12.1. The lowest BCUT2D eigenvalue weighted by Gasteiger charge is -2.12. The minimum Gasteiger partial charge on any atom is -0.258 e. The fourth-order valence-electron chi connectivity index (χ4n) is 1.43. The number of rotatable bonds is 5. The predicted molar refractivity (Wildman–Crippen MR) is 72.8 cm³/mol. The van der Waals surface area contributed by atoms with Crippen LogP contribution in [0.5, 0.6) is 0 Å². The average molecular weight is 305 g/mol. The van der Waals surface area contributed by atoms with Crippen LogP contribution in [0.15, 0.2) is 29.7 Å². The molecule has 1 unspecified atom stereocenters. The monoisotopic (exact) mass is 304 g/mol. The molecule has 104 valence electrons. The van der Waals surface area contributed by atoms with E-state index in [-0.39, 0.29) is 9.92 Å². The second kappa shape index (κ2) is 5.68. The van der Waals surface area contributed by atoms with E-state index in [0.717, 1.165) is 6.07 Å². The van der Waals surface area contributed by atoms with Gasteiger partial charge in [0.05, 0.1) is 9.82 Å². The summed E-state index contributed by atoms with van der Waals surface area (Å²) in [5, 5.41) is 10.7. The molecule has 0 radical (unpaired) electrons. The molecule has 19 heavy (non-hydrogen) atoms. The first-order valence-corrected chi connectivity index (χ1v) is 7.14. The molecule has 0 bridgehead atoms. The summed E-state index contributed by atoms with van der Waals surface area (Å²) in [6.07, 6.45) is 1.41. The number of benzene rings is 1. The molecule has 0 saturated carbocycles. The number of nitro benzene ring substituents is 1. The van der Waals surface area contributed by atoms with E-state index in [4.69, 9.17) is 11.6 Å². The summed E-state index contributed by atoms with van der Waals surface area (Å²) in [6.45, 7) is 6.58. The van der Waals surface area contributed by atoms with Crippen molar-refractivity contribution in [2.24, 2.45) is 0 Å². The van der Waals surface area contributed by atoms with Crippen LogP contribution in [-0.2, 0) is 10.0 Å². The molecule has 0 aliphatic heterocycles. The maximum atomic E-state index is 12.1. The Morgan fingerprint density at radius 1 is 1.53 bits per heavy atom. The van der Waals surface area contributed by atoms with Gasteiger partial charge in [0, 0.05) is 12.1 Å². The molecule has 8 heteroatoms. The topological polar surface area (TPSA) is 89.3 Å². The van der Waals surface area contributed by atoms with Gasteiger partial charge in [0.15, 0.2) is 0 Å². The van der Waals surface area contributed by atoms with Crippen LogP contribution in [0.4, 0.5) is 5.69 Å². The van der Waals surface area contributed by atoms with Crippen LogP contribution in [-0.4, -0.2) is 19.4 Å². The summed E-state index contributed by atoms with van der Waals surface area (Å²) >= 11 is 5.71. The number of nitrogens with one attached hydrogen (secondary N) is 1. The number of nitro groups is 1. The SMILES string of the molecule is C=CC(C)NS(=O)(=O)c1cc([N+](=O)[O-])c(Cl)cc1C. The van der Waals surface area contributed by atoms with Crippen molar-refractivity contribution in [1.82, 2.24) is 4.72 Å². The fourth-order valence-corrected chi connectivity index (χ4v) is 3.18. The number of aryl methyl sites for hydroxylation is 1. The highest BCUT2D eigenvalue weighted by Gasteiger charge is 2.24. The van der Waals surface area contributed by atoms with Gasteiger partial charge >= 0.3 is 0 Å². The molecule has 0 fully saturated rings. The van der Waals surface area contributed by atoms with Gasteiger partial charge in [-0.25, -0.2) is 13.1 Å². The zero-order valence-corrected chi connectivity index (χ0v) is 12.0. The number of halogens is 1. The van der Waals surface area contributed by atoms with Crippen LogP contribution >= 0.6 is 11.6 Å². The Balaban J connectivity index is 3.38. The third kappa shape index (κ3) is 3.52. The molecule has 0 spiro atoms. The molecule has 1 rings (SSSR count). The summed E-state index contributed by atoms with van der Waals surface area (Å²) in [6, 6.07) is 1.72. The van der Waals surface area contributed by atoms with E-state index in [2.05, 4.69) is 11.3 Å². The highest BCUT2D eigenvalue weighted by atomic mass is 35.5. The maximum Gasteiger partial charge on any atom is 0.289 e. The summed E-state index contributed by atoms with van der Waals surface area (Å²) in [5.74, 6) is 0. The molecule has 0 heterocycles. The molecule has 1 atom stereocenters. The third-order valence-corrected chi connectivity index (χ3v) is 4.43. The molecule has 1 aromatic rings. The Morgan fingerprint density at radius 2 is 2.11 bits per heavy atom. The molecular weight excluding hydrogens is 292 g/mol. The zero-order valence-electron chi connectivity index (χ0n) is 10.4. The average Bonchev–Trinajstić information content (AvgIpc) is 2.27. The van der Waals surface area contributed by atoms with Crippen molar-refractivity contribution in [3.8, 4) is 0 Å². The Labute approximate surface area is 116 Å². The summed E-state index contributed by atoms with van der Waals surface area (Å²) in [4.78, 5) is 9.89. The van der Waals surface area contributed by atoms with Crippen molar-refractivity contribution in [1.29, 1.82) is 0 Å². The van der Waals surface area contributed by atoms with Crippen LogP contribution in [0.1, 0.15) is 12.5 Å². The van der Waals surface area contributed by atoms with Crippen LogP contribution in [0.2, 0.25) is 5.02 Å². The van der Waals surface area contributed by atoms with E-state index in [1.807, 2.05) is 0 Å². The van der Waals surface area contributed by atoms with E-state index < -0.39 is 26.7 Å². The molecule has 1 N–H and O–H groups in total. The lowest BCUT2D eigenvalue weighted by atomic mass is 10.2. The first-order chi connectivity index (χ1) is 8.69. The Bertz CT molecular complexity index is 628. The second-order valence-corrected chi connectivity index (χ2v) is 6.06. The summed E-state index contributed by atoms with van der Waals surface area (Å²) in [7, 11) is -3.86. The molecule has 6 nitrogen and oxygen atoms in total. The molecule has 0 aliphatic rings. The van der Waals surface area contributed by atoms with Crippen molar-refractivity contribution in [3.05, 3.63) is 45.5 Å². The minimum atomic E-state index is -3.86. The summed E-state index contributed by atoms with van der Waals surface area (Å²) < 4.78 is 26.5.